The first-order valence-electron chi connectivity index (χ1n) is 6.97. The molecule has 0 saturated carbocycles. The van der Waals surface area contributed by atoms with E-state index in [1.807, 2.05) is 13.0 Å². The fourth-order valence-electron chi connectivity index (χ4n) is 2.66. The van der Waals surface area contributed by atoms with Crippen LogP contribution >= 0.6 is 0 Å². The maximum atomic E-state index is 11.8. The van der Waals surface area contributed by atoms with Gasteiger partial charge in [0.2, 0.25) is 6.29 Å². The van der Waals surface area contributed by atoms with E-state index in [1.54, 1.807) is 14.0 Å². The Bertz CT molecular complexity index is 478. The van der Waals surface area contributed by atoms with Crippen LogP contribution in [0.5, 0.6) is 0 Å². The van der Waals surface area contributed by atoms with Crippen LogP contribution in [0.1, 0.15) is 47.4 Å². The molecule has 0 spiro atoms. The number of nitrogens with zero attached hydrogens (tertiary/aromatic N) is 1. The van der Waals surface area contributed by atoms with Gasteiger partial charge in [-0.05, 0) is 50.4 Å². The molecule has 0 radical (unpaired) electrons. The lowest BCUT2D eigenvalue weighted by Gasteiger charge is -2.23. The van der Waals surface area contributed by atoms with Crippen molar-refractivity contribution in [2.24, 2.45) is 5.73 Å². The van der Waals surface area contributed by atoms with Crippen LogP contribution in [-0.2, 0) is 4.74 Å². The Morgan fingerprint density at radius 2 is 2.15 bits per heavy atom. The molecule has 1 unspecified atom stereocenters. The average Bonchev–Trinajstić information content (AvgIpc) is 2.77. The zero-order valence-electron chi connectivity index (χ0n) is 12.3. The molecule has 6 heteroatoms. The van der Waals surface area contributed by atoms with Crippen LogP contribution in [0.2, 0.25) is 0 Å². The molecule has 1 amide bonds. The first kappa shape index (κ1) is 14.9. The second-order valence-electron chi connectivity index (χ2n) is 5.18. The van der Waals surface area contributed by atoms with Gasteiger partial charge >= 0.3 is 0 Å². The van der Waals surface area contributed by atoms with Crippen LogP contribution in [0.4, 0.5) is 0 Å². The molecule has 0 aliphatic carbocycles. The summed E-state index contributed by atoms with van der Waals surface area (Å²) in [6.07, 6.45) is 1.56. The number of nitrogens with two attached hydrogens (primary N) is 1. The molecule has 2 rings (SSSR count). The molecule has 0 bridgehead atoms. The number of carbonyl (C=O) groups is 1. The van der Waals surface area contributed by atoms with Crippen molar-refractivity contribution in [1.82, 2.24) is 10.0 Å². The first-order valence-corrected chi connectivity index (χ1v) is 6.97. The van der Waals surface area contributed by atoms with E-state index in [4.69, 9.17) is 15.3 Å². The number of nitrogens with one attached hydrogen (secondary N) is 1. The van der Waals surface area contributed by atoms with E-state index in [2.05, 4.69) is 5.32 Å². The topological polar surface area (TPSA) is 78.5 Å². The van der Waals surface area contributed by atoms with Crippen molar-refractivity contribution in [1.29, 1.82) is 0 Å². The highest BCUT2D eigenvalue weighted by atomic mass is 16.8. The van der Waals surface area contributed by atoms with E-state index in [0.717, 1.165) is 37.2 Å². The molecule has 1 fully saturated rings. The molecule has 20 heavy (non-hydrogen) atoms. The Kier molecular flexibility index (Phi) is 4.67. The fraction of sp³-hybridized carbons (Fsp3) is 0.643. The van der Waals surface area contributed by atoms with E-state index in [-0.39, 0.29) is 0 Å². The summed E-state index contributed by atoms with van der Waals surface area (Å²) in [6, 6.07) is 2.00. The van der Waals surface area contributed by atoms with Crippen LogP contribution in [0, 0.1) is 6.92 Å². The second-order valence-corrected chi connectivity index (χ2v) is 5.18. The van der Waals surface area contributed by atoms with Gasteiger partial charge in [-0.25, -0.2) is 0 Å². The predicted octanol–water partition coefficient (Wildman–Crippen LogP) is 0.783. The molecule has 1 atom stereocenters. The van der Waals surface area contributed by atoms with E-state index in [0.29, 0.717) is 11.6 Å². The summed E-state index contributed by atoms with van der Waals surface area (Å²) in [5.74, 6) is -0.116. The van der Waals surface area contributed by atoms with Crippen molar-refractivity contribution in [3.63, 3.8) is 0 Å². The van der Waals surface area contributed by atoms with E-state index in [9.17, 15) is 4.79 Å². The first-order chi connectivity index (χ1) is 9.54. The Labute approximate surface area is 119 Å². The third-order valence-corrected chi connectivity index (χ3v) is 3.76. The van der Waals surface area contributed by atoms with Gasteiger partial charge in [0.1, 0.15) is 5.69 Å². The van der Waals surface area contributed by atoms with Gasteiger partial charge in [0.25, 0.3) is 5.91 Å². The number of primary amides is 1. The van der Waals surface area contributed by atoms with Crippen molar-refractivity contribution in [3.05, 3.63) is 23.0 Å². The van der Waals surface area contributed by atoms with Gasteiger partial charge in [-0.15, -0.1) is 0 Å². The number of piperidine rings is 1. The molecule has 1 aromatic heterocycles. The molecule has 1 aliphatic rings. The Morgan fingerprint density at radius 3 is 2.70 bits per heavy atom. The molecule has 1 saturated heterocycles. The summed E-state index contributed by atoms with van der Waals surface area (Å²) in [5.41, 5.74) is 7.84. The van der Waals surface area contributed by atoms with Gasteiger partial charge in [-0.2, -0.15) is 4.73 Å². The number of hydrogen-bond acceptors (Lipinski definition) is 4. The number of methoxy groups -OCH3 is 1. The van der Waals surface area contributed by atoms with Gasteiger partial charge < -0.3 is 20.6 Å². The second kappa shape index (κ2) is 6.28. The van der Waals surface area contributed by atoms with E-state index >= 15 is 0 Å². The molecular formula is C14H23N3O3. The summed E-state index contributed by atoms with van der Waals surface area (Å²) < 4.78 is 6.60. The van der Waals surface area contributed by atoms with Crippen LogP contribution in [0.3, 0.4) is 0 Å². The quantitative estimate of drug-likeness (QED) is 0.782. The largest absolute Gasteiger partial charge is 0.382 e. The maximum absolute atomic E-state index is 11.8. The summed E-state index contributed by atoms with van der Waals surface area (Å²) in [4.78, 5) is 17.5. The highest BCUT2D eigenvalue weighted by molar-refractivity contribution is 5.93. The number of ether oxygens (including phenoxy) is 1. The lowest BCUT2D eigenvalue weighted by molar-refractivity contribution is -0.117. The number of amides is 1. The molecule has 2 heterocycles. The van der Waals surface area contributed by atoms with Crippen LogP contribution < -0.4 is 15.9 Å². The minimum Gasteiger partial charge on any atom is -0.382 e. The molecule has 112 valence electrons. The molecule has 6 nitrogen and oxygen atoms in total. The van der Waals surface area contributed by atoms with Gasteiger partial charge in [-0.3, -0.25) is 4.79 Å². The zero-order chi connectivity index (χ0) is 14.7. The minimum atomic E-state index is -0.463. The molecule has 0 aromatic carbocycles. The Hall–Kier alpha value is -1.53. The number of hydrogen-bond donors (Lipinski definition) is 2. The normalized spacial score (nSPS) is 17.9. The third-order valence-electron chi connectivity index (χ3n) is 3.76. The lowest BCUT2D eigenvalue weighted by atomic mass is 9.90. The van der Waals surface area contributed by atoms with E-state index < -0.39 is 12.2 Å². The highest BCUT2D eigenvalue weighted by Crippen LogP contribution is 2.30. The maximum Gasteiger partial charge on any atom is 0.269 e. The Balaban J connectivity index is 2.36. The number of aromatic nitrogens is 1. The standard InChI is InChI=1S/C14H23N3O3/c1-9-8-12(11-4-6-16-7-5-11)13(14(15)18)17(9)20-10(2)19-3/h8,10-11,16H,4-7H2,1-3H3,(H2,15,18). The average molecular weight is 281 g/mol. The zero-order valence-corrected chi connectivity index (χ0v) is 12.3. The predicted molar refractivity (Wildman–Crippen MR) is 75.6 cm³/mol. The summed E-state index contributed by atoms with van der Waals surface area (Å²) in [7, 11) is 1.56. The van der Waals surface area contributed by atoms with Gasteiger partial charge in [-0.1, -0.05) is 0 Å². The van der Waals surface area contributed by atoms with Gasteiger partial charge in [0.15, 0.2) is 0 Å². The number of carbonyl (C=O) groups excluding carboxylic acids is 1. The SMILES string of the molecule is COC(C)On1c(C)cc(C2CCNCC2)c1C(N)=O. The van der Waals surface area contributed by atoms with Crippen molar-refractivity contribution in [3.8, 4) is 0 Å². The van der Waals surface area contributed by atoms with Crippen molar-refractivity contribution >= 4 is 5.91 Å². The fourth-order valence-corrected chi connectivity index (χ4v) is 2.66. The van der Waals surface area contributed by atoms with Crippen molar-refractivity contribution < 1.29 is 14.4 Å². The third kappa shape index (κ3) is 2.96. The van der Waals surface area contributed by atoms with Gasteiger partial charge in [0, 0.05) is 14.0 Å². The smallest absolute Gasteiger partial charge is 0.269 e. The number of aryl methyl sites for hydroxylation is 1. The summed E-state index contributed by atoms with van der Waals surface area (Å²) >= 11 is 0. The molecular weight excluding hydrogens is 258 g/mol. The summed E-state index contributed by atoms with van der Waals surface area (Å²) in [6.45, 7) is 5.60. The van der Waals surface area contributed by atoms with Crippen molar-refractivity contribution in [2.75, 3.05) is 20.2 Å². The van der Waals surface area contributed by atoms with Crippen LogP contribution in [-0.4, -0.2) is 37.1 Å². The van der Waals surface area contributed by atoms with Crippen LogP contribution in [0.25, 0.3) is 0 Å². The molecule has 1 aliphatic heterocycles. The van der Waals surface area contributed by atoms with E-state index in [1.165, 1.54) is 4.73 Å². The number of rotatable bonds is 5. The lowest BCUT2D eigenvalue weighted by Crippen LogP contribution is -2.31. The summed E-state index contributed by atoms with van der Waals surface area (Å²) in [5, 5.41) is 3.32. The van der Waals surface area contributed by atoms with Crippen LogP contribution in [0.15, 0.2) is 6.07 Å². The molecule has 3 N–H and O–H groups in total. The van der Waals surface area contributed by atoms with Crippen molar-refractivity contribution in [2.45, 2.75) is 38.9 Å². The monoisotopic (exact) mass is 281 g/mol. The Morgan fingerprint density at radius 1 is 1.50 bits per heavy atom. The van der Waals surface area contributed by atoms with Gasteiger partial charge in [0.05, 0.1) is 5.69 Å². The highest BCUT2D eigenvalue weighted by Gasteiger charge is 2.26. The molecule has 1 aromatic rings. The minimum absolute atomic E-state index is 0.347.